The van der Waals surface area contributed by atoms with E-state index in [1.54, 1.807) is 13.0 Å². The van der Waals surface area contributed by atoms with E-state index in [1.807, 2.05) is 20.8 Å². The first-order valence-electron chi connectivity index (χ1n) is 6.42. The van der Waals surface area contributed by atoms with Crippen LogP contribution < -0.4 is 11.1 Å². The molecule has 1 aromatic carbocycles. The Morgan fingerprint density at radius 2 is 2.00 bits per heavy atom. The average Bonchev–Trinajstić information content (AvgIpc) is 2.33. The van der Waals surface area contributed by atoms with Crippen LogP contribution in [0.3, 0.4) is 0 Å². The third kappa shape index (κ3) is 4.03. The highest BCUT2D eigenvalue weighted by Crippen LogP contribution is 2.20. The lowest BCUT2D eigenvalue weighted by Crippen LogP contribution is -2.48. The van der Waals surface area contributed by atoms with Crippen molar-refractivity contribution < 1.29 is 9.72 Å². The van der Waals surface area contributed by atoms with Crippen molar-refractivity contribution in [2.24, 2.45) is 11.1 Å². The van der Waals surface area contributed by atoms with Crippen LogP contribution in [0.5, 0.6) is 0 Å². The Hall–Kier alpha value is -1.95. The Kier molecular flexibility index (Phi) is 4.83. The minimum Gasteiger partial charge on any atom is -0.348 e. The number of non-ortho nitro benzene ring substituents is 1. The molecule has 0 aliphatic heterocycles. The second-order valence-corrected chi connectivity index (χ2v) is 5.94. The Bertz CT molecular complexity index is 521. The first kappa shape index (κ1) is 16.1. The van der Waals surface area contributed by atoms with Gasteiger partial charge in [-0.2, -0.15) is 0 Å². The number of hydrogen-bond donors (Lipinski definition) is 2. The van der Waals surface area contributed by atoms with Crippen molar-refractivity contribution in [1.29, 1.82) is 0 Å². The maximum atomic E-state index is 12.2. The zero-order chi connectivity index (χ0) is 15.5. The third-order valence-corrected chi connectivity index (χ3v) is 3.12. The molecule has 20 heavy (non-hydrogen) atoms. The number of nitrogens with zero attached hydrogens (tertiary/aromatic N) is 1. The minimum absolute atomic E-state index is 0.0878. The summed E-state index contributed by atoms with van der Waals surface area (Å²) in [5.41, 5.74) is 6.35. The lowest BCUT2D eigenvalue weighted by atomic mass is 9.86. The van der Waals surface area contributed by atoms with Crippen LogP contribution in [-0.4, -0.2) is 23.4 Å². The molecule has 110 valence electrons. The van der Waals surface area contributed by atoms with Gasteiger partial charge >= 0.3 is 0 Å². The fraction of sp³-hybridized carbons (Fsp3) is 0.500. The van der Waals surface area contributed by atoms with E-state index in [1.165, 1.54) is 12.1 Å². The monoisotopic (exact) mass is 279 g/mol. The van der Waals surface area contributed by atoms with Gasteiger partial charge in [0.05, 0.1) is 4.92 Å². The molecule has 6 nitrogen and oxygen atoms in total. The highest BCUT2D eigenvalue weighted by Gasteiger charge is 2.25. The molecule has 0 spiro atoms. The summed E-state index contributed by atoms with van der Waals surface area (Å²) in [6.07, 6.45) is 0. The predicted octanol–water partition coefficient (Wildman–Crippen LogP) is 2.01. The Morgan fingerprint density at radius 3 is 2.45 bits per heavy atom. The third-order valence-electron chi connectivity index (χ3n) is 3.12. The van der Waals surface area contributed by atoms with Gasteiger partial charge in [0.25, 0.3) is 11.6 Å². The summed E-state index contributed by atoms with van der Waals surface area (Å²) >= 11 is 0. The van der Waals surface area contributed by atoms with Gasteiger partial charge in [-0.1, -0.05) is 20.8 Å². The first-order chi connectivity index (χ1) is 9.15. The number of nitro benzene ring substituents is 1. The van der Waals surface area contributed by atoms with Gasteiger partial charge in [-0.25, -0.2) is 0 Å². The number of nitrogens with one attached hydrogen (secondary N) is 1. The normalized spacial score (nSPS) is 12.8. The molecule has 1 aromatic rings. The highest BCUT2D eigenvalue weighted by atomic mass is 16.6. The van der Waals surface area contributed by atoms with Gasteiger partial charge in [0.2, 0.25) is 0 Å². The zero-order valence-electron chi connectivity index (χ0n) is 12.3. The second kappa shape index (κ2) is 6.00. The van der Waals surface area contributed by atoms with Crippen LogP contribution in [0.15, 0.2) is 18.2 Å². The summed E-state index contributed by atoms with van der Waals surface area (Å²) in [6, 6.07) is 4.13. The highest BCUT2D eigenvalue weighted by molar-refractivity contribution is 5.95. The van der Waals surface area contributed by atoms with Crippen LogP contribution in [0, 0.1) is 22.5 Å². The van der Waals surface area contributed by atoms with Gasteiger partial charge in [-0.05, 0) is 24.0 Å². The van der Waals surface area contributed by atoms with E-state index >= 15 is 0 Å². The molecule has 0 fully saturated rings. The predicted molar refractivity (Wildman–Crippen MR) is 77.6 cm³/mol. The van der Waals surface area contributed by atoms with Crippen molar-refractivity contribution in [1.82, 2.24) is 5.32 Å². The standard InChI is InChI=1S/C14H21N3O3/c1-9-5-10(7-11(6-9)17(19)20)13(18)16-12(8-15)14(2,3)4/h5-7,12H,8,15H2,1-4H3,(H,16,18). The molecule has 0 aliphatic rings. The van der Waals surface area contributed by atoms with Gasteiger partial charge in [-0.3, -0.25) is 14.9 Å². The van der Waals surface area contributed by atoms with Crippen molar-refractivity contribution in [3.05, 3.63) is 39.4 Å². The number of carbonyl (C=O) groups excluding carboxylic acids is 1. The summed E-state index contributed by atoms with van der Waals surface area (Å²) in [7, 11) is 0. The van der Waals surface area contributed by atoms with E-state index in [0.29, 0.717) is 12.1 Å². The molecule has 0 saturated heterocycles. The van der Waals surface area contributed by atoms with E-state index in [-0.39, 0.29) is 28.6 Å². The maximum Gasteiger partial charge on any atom is 0.270 e. The van der Waals surface area contributed by atoms with E-state index in [0.717, 1.165) is 0 Å². The molecule has 0 aromatic heterocycles. The van der Waals surface area contributed by atoms with Crippen LogP contribution >= 0.6 is 0 Å². The Morgan fingerprint density at radius 1 is 1.40 bits per heavy atom. The second-order valence-electron chi connectivity index (χ2n) is 5.94. The molecule has 1 atom stereocenters. The number of aryl methyl sites for hydroxylation is 1. The number of amides is 1. The van der Waals surface area contributed by atoms with E-state index < -0.39 is 4.92 Å². The number of nitro groups is 1. The summed E-state index contributed by atoms with van der Waals surface area (Å²) in [6.45, 7) is 7.95. The number of nitrogens with two attached hydrogens (primary N) is 1. The van der Waals surface area contributed by atoms with E-state index in [4.69, 9.17) is 5.73 Å². The molecular formula is C14H21N3O3. The quantitative estimate of drug-likeness (QED) is 0.650. The number of carbonyl (C=O) groups is 1. The molecule has 1 amide bonds. The molecule has 3 N–H and O–H groups in total. The molecule has 0 radical (unpaired) electrons. The lowest BCUT2D eigenvalue weighted by molar-refractivity contribution is -0.384. The SMILES string of the molecule is Cc1cc(C(=O)NC(CN)C(C)(C)C)cc([N+](=O)[O-])c1. The zero-order valence-corrected chi connectivity index (χ0v) is 12.3. The molecular weight excluding hydrogens is 258 g/mol. The van der Waals surface area contributed by atoms with Gasteiger partial charge in [-0.15, -0.1) is 0 Å². The van der Waals surface area contributed by atoms with Crippen LogP contribution in [-0.2, 0) is 0 Å². The van der Waals surface area contributed by atoms with Crippen molar-refractivity contribution in [2.75, 3.05) is 6.54 Å². The molecule has 0 aliphatic carbocycles. The van der Waals surface area contributed by atoms with Crippen molar-refractivity contribution in [2.45, 2.75) is 33.7 Å². The molecule has 6 heteroatoms. The summed E-state index contributed by atoms with van der Waals surface area (Å²) in [5.74, 6) is -0.345. The average molecular weight is 279 g/mol. The smallest absolute Gasteiger partial charge is 0.270 e. The van der Waals surface area contributed by atoms with Gasteiger partial charge in [0, 0.05) is 30.3 Å². The van der Waals surface area contributed by atoms with Crippen molar-refractivity contribution >= 4 is 11.6 Å². The van der Waals surface area contributed by atoms with Gasteiger partial charge in [0.1, 0.15) is 0 Å². The Balaban J connectivity index is 3.01. The topological polar surface area (TPSA) is 98.3 Å². The summed E-state index contributed by atoms with van der Waals surface area (Å²) < 4.78 is 0. The fourth-order valence-corrected chi connectivity index (χ4v) is 1.87. The van der Waals surface area contributed by atoms with E-state index in [2.05, 4.69) is 5.32 Å². The molecule has 1 rings (SSSR count). The first-order valence-corrected chi connectivity index (χ1v) is 6.42. The van der Waals surface area contributed by atoms with Gasteiger partial charge < -0.3 is 11.1 Å². The molecule has 0 bridgehead atoms. The van der Waals surface area contributed by atoms with Crippen LogP contribution in [0.2, 0.25) is 0 Å². The summed E-state index contributed by atoms with van der Waals surface area (Å²) in [5, 5.41) is 13.6. The Labute approximate surface area is 118 Å². The molecule has 1 unspecified atom stereocenters. The van der Waals surface area contributed by atoms with Crippen LogP contribution in [0.25, 0.3) is 0 Å². The number of hydrogen-bond acceptors (Lipinski definition) is 4. The minimum atomic E-state index is -0.506. The maximum absolute atomic E-state index is 12.2. The van der Waals surface area contributed by atoms with Crippen LogP contribution in [0.4, 0.5) is 5.69 Å². The lowest BCUT2D eigenvalue weighted by Gasteiger charge is -2.30. The van der Waals surface area contributed by atoms with Crippen LogP contribution in [0.1, 0.15) is 36.7 Å². The van der Waals surface area contributed by atoms with Crippen molar-refractivity contribution in [3.8, 4) is 0 Å². The van der Waals surface area contributed by atoms with Gasteiger partial charge in [0.15, 0.2) is 0 Å². The number of rotatable bonds is 4. The molecule has 0 heterocycles. The largest absolute Gasteiger partial charge is 0.348 e. The summed E-state index contributed by atoms with van der Waals surface area (Å²) in [4.78, 5) is 22.5. The van der Waals surface area contributed by atoms with Crippen molar-refractivity contribution in [3.63, 3.8) is 0 Å². The fourth-order valence-electron chi connectivity index (χ4n) is 1.87. The number of benzene rings is 1. The molecule has 0 saturated carbocycles. The van der Waals surface area contributed by atoms with E-state index in [9.17, 15) is 14.9 Å².